The van der Waals surface area contributed by atoms with Gasteiger partial charge in [-0.1, -0.05) is 35.0 Å². The zero-order valence-electron chi connectivity index (χ0n) is 11.4. The Hall–Kier alpha value is -0.380. The third-order valence-electron chi connectivity index (χ3n) is 3.81. The van der Waals surface area contributed by atoms with Gasteiger partial charge in [0.2, 0.25) is 0 Å². The molecule has 0 saturated carbocycles. The molecule has 1 saturated heterocycles. The van der Waals surface area contributed by atoms with E-state index < -0.39 is 0 Å². The van der Waals surface area contributed by atoms with Gasteiger partial charge >= 0.3 is 0 Å². The summed E-state index contributed by atoms with van der Waals surface area (Å²) in [5.41, 5.74) is 2.65. The van der Waals surface area contributed by atoms with Gasteiger partial charge in [0.05, 0.1) is 0 Å². The van der Waals surface area contributed by atoms with Crippen molar-refractivity contribution in [2.75, 3.05) is 19.6 Å². The predicted molar refractivity (Wildman–Crippen MR) is 80.9 cm³/mol. The third-order valence-corrected chi connectivity index (χ3v) is 4.55. The number of benzene rings is 1. The third kappa shape index (κ3) is 3.56. The zero-order valence-corrected chi connectivity index (χ0v) is 13.0. The van der Waals surface area contributed by atoms with Crippen molar-refractivity contribution in [1.29, 1.82) is 0 Å². The molecule has 1 aromatic carbocycles. The minimum atomic E-state index is 0.735. The average molecular weight is 311 g/mol. The number of likely N-dealkylation sites (tertiary alicyclic amines) is 1. The predicted octanol–water partition coefficient (Wildman–Crippen LogP) is 3.33. The topological polar surface area (TPSA) is 15.3 Å². The van der Waals surface area contributed by atoms with Crippen LogP contribution in [-0.2, 0) is 6.54 Å². The van der Waals surface area contributed by atoms with Crippen LogP contribution in [0.15, 0.2) is 22.7 Å². The molecule has 2 rings (SSSR count). The Balaban J connectivity index is 1.81. The molecular weight excluding hydrogens is 288 g/mol. The van der Waals surface area contributed by atoms with Crippen molar-refractivity contribution in [3.63, 3.8) is 0 Å². The Bertz CT molecular complexity index is 392. The maximum atomic E-state index is 3.64. The monoisotopic (exact) mass is 310 g/mol. The SMILES string of the molecule is CCN1CCCC1CNCc1ccc(C)cc1Br. The molecule has 1 fully saturated rings. The van der Waals surface area contributed by atoms with Crippen molar-refractivity contribution < 1.29 is 0 Å². The number of hydrogen-bond acceptors (Lipinski definition) is 2. The van der Waals surface area contributed by atoms with Crippen molar-refractivity contribution in [1.82, 2.24) is 10.2 Å². The minimum Gasteiger partial charge on any atom is -0.311 e. The van der Waals surface area contributed by atoms with Gasteiger partial charge < -0.3 is 5.32 Å². The second-order valence-electron chi connectivity index (χ2n) is 5.15. The normalized spacial score (nSPS) is 20.5. The molecule has 1 N–H and O–H groups in total. The maximum absolute atomic E-state index is 3.64. The second kappa shape index (κ2) is 6.69. The number of aryl methyl sites for hydroxylation is 1. The molecule has 1 aliphatic heterocycles. The fraction of sp³-hybridized carbons (Fsp3) is 0.600. The fourth-order valence-electron chi connectivity index (χ4n) is 2.71. The zero-order chi connectivity index (χ0) is 13.0. The largest absolute Gasteiger partial charge is 0.311 e. The van der Waals surface area contributed by atoms with E-state index in [9.17, 15) is 0 Å². The van der Waals surface area contributed by atoms with Gasteiger partial charge in [-0.05, 0) is 50.0 Å². The minimum absolute atomic E-state index is 0.735. The Kier molecular flexibility index (Phi) is 5.22. The molecule has 2 nitrogen and oxygen atoms in total. The van der Waals surface area contributed by atoms with Crippen LogP contribution < -0.4 is 5.32 Å². The van der Waals surface area contributed by atoms with Crippen LogP contribution in [0.1, 0.15) is 30.9 Å². The standard InChI is InChI=1S/C15H23BrN2/c1-3-18-8-4-5-14(18)11-17-10-13-7-6-12(2)9-15(13)16/h6-7,9,14,17H,3-5,8,10-11H2,1-2H3. The summed E-state index contributed by atoms with van der Waals surface area (Å²) in [5.74, 6) is 0. The molecule has 1 aromatic rings. The summed E-state index contributed by atoms with van der Waals surface area (Å²) in [6.45, 7) is 8.90. The van der Waals surface area contributed by atoms with Gasteiger partial charge in [0.1, 0.15) is 0 Å². The van der Waals surface area contributed by atoms with E-state index >= 15 is 0 Å². The molecule has 0 aliphatic carbocycles. The fourth-order valence-corrected chi connectivity index (χ4v) is 3.35. The highest BCUT2D eigenvalue weighted by atomic mass is 79.9. The van der Waals surface area contributed by atoms with E-state index in [0.29, 0.717) is 0 Å². The molecule has 1 heterocycles. The quantitative estimate of drug-likeness (QED) is 0.897. The van der Waals surface area contributed by atoms with Gasteiger partial charge in [-0.15, -0.1) is 0 Å². The van der Waals surface area contributed by atoms with E-state index in [1.54, 1.807) is 0 Å². The molecule has 1 unspecified atom stereocenters. The van der Waals surface area contributed by atoms with E-state index in [4.69, 9.17) is 0 Å². The lowest BCUT2D eigenvalue weighted by Gasteiger charge is -2.23. The van der Waals surface area contributed by atoms with Crippen molar-refractivity contribution in [3.05, 3.63) is 33.8 Å². The van der Waals surface area contributed by atoms with Crippen molar-refractivity contribution in [2.24, 2.45) is 0 Å². The summed E-state index contributed by atoms with van der Waals surface area (Å²) < 4.78 is 1.22. The van der Waals surface area contributed by atoms with Crippen LogP contribution >= 0.6 is 15.9 Å². The molecule has 3 heteroatoms. The lowest BCUT2D eigenvalue weighted by molar-refractivity contribution is 0.260. The molecule has 0 bridgehead atoms. The Morgan fingerprint density at radius 2 is 2.28 bits per heavy atom. The summed E-state index contributed by atoms with van der Waals surface area (Å²) in [7, 11) is 0. The summed E-state index contributed by atoms with van der Waals surface area (Å²) >= 11 is 3.64. The van der Waals surface area contributed by atoms with Gasteiger partial charge in [-0.2, -0.15) is 0 Å². The van der Waals surface area contributed by atoms with Crippen LogP contribution in [0.2, 0.25) is 0 Å². The highest BCUT2D eigenvalue weighted by molar-refractivity contribution is 9.10. The number of rotatable bonds is 5. The van der Waals surface area contributed by atoms with Gasteiger partial charge in [-0.25, -0.2) is 0 Å². The molecule has 1 atom stereocenters. The van der Waals surface area contributed by atoms with E-state index in [1.165, 1.54) is 41.5 Å². The number of nitrogens with one attached hydrogen (secondary N) is 1. The lowest BCUT2D eigenvalue weighted by atomic mass is 10.1. The first-order valence-corrected chi connectivity index (χ1v) is 7.69. The van der Waals surface area contributed by atoms with Crippen molar-refractivity contribution in [3.8, 4) is 0 Å². The molecular formula is C15H23BrN2. The Morgan fingerprint density at radius 3 is 3.00 bits per heavy atom. The van der Waals surface area contributed by atoms with Crippen LogP contribution in [0.5, 0.6) is 0 Å². The molecule has 0 radical (unpaired) electrons. The van der Waals surface area contributed by atoms with Crippen molar-refractivity contribution >= 4 is 15.9 Å². The number of hydrogen-bond donors (Lipinski definition) is 1. The first kappa shape index (κ1) is 14.0. The van der Waals surface area contributed by atoms with E-state index in [2.05, 4.69) is 58.2 Å². The Labute approximate surface area is 119 Å². The number of halogens is 1. The average Bonchev–Trinajstić information content (AvgIpc) is 2.79. The molecule has 100 valence electrons. The molecule has 1 aliphatic rings. The van der Waals surface area contributed by atoms with E-state index in [-0.39, 0.29) is 0 Å². The second-order valence-corrected chi connectivity index (χ2v) is 6.00. The van der Waals surface area contributed by atoms with E-state index in [0.717, 1.165) is 19.1 Å². The van der Waals surface area contributed by atoms with Crippen LogP contribution in [0, 0.1) is 6.92 Å². The van der Waals surface area contributed by atoms with Gasteiger partial charge in [0, 0.05) is 23.6 Å². The lowest BCUT2D eigenvalue weighted by Crippen LogP contribution is -2.37. The molecule has 18 heavy (non-hydrogen) atoms. The van der Waals surface area contributed by atoms with Gasteiger partial charge in [-0.3, -0.25) is 4.90 Å². The highest BCUT2D eigenvalue weighted by Crippen LogP contribution is 2.19. The first-order chi connectivity index (χ1) is 8.70. The highest BCUT2D eigenvalue weighted by Gasteiger charge is 2.22. The Morgan fingerprint density at radius 1 is 1.44 bits per heavy atom. The summed E-state index contributed by atoms with van der Waals surface area (Å²) in [6.07, 6.45) is 2.70. The van der Waals surface area contributed by atoms with Crippen LogP contribution in [0.25, 0.3) is 0 Å². The summed E-state index contributed by atoms with van der Waals surface area (Å²) in [6, 6.07) is 7.30. The molecule has 0 aromatic heterocycles. The van der Waals surface area contributed by atoms with Gasteiger partial charge in [0.15, 0.2) is 0 Å². The van der Waals surface area contributed by atoms with Crippen LogP contribution in [0.3, 0.4) is 0 Å². The van der Waals surface area contributed by atoms with E-state index in [1.807, 2.05) is 0 Å². The van der Waals surface area contributed by atoms with Gasteiger partial charge in [0.25, 0.3) is 0 Å². The van der Waals surface area contributed by atoms with Crippen LogP contribution in [0.4, 0.5) is 0 Å². The van der Waals surface area contributed by atoms with Crippen molar-refractivity contribution in [2.45, 2.75) is 39.3 Å². The molecule has 0 amide bonds. The van der Waals surface area contributed by atoms with Crippen LogP contribution in [-0.4, -0.2) is 30.6 Å². The summed E-state index contributed by atoms with van der Waals surface area (Å²) in [4.78, 5) is 2.58. The first-order valence-electron chi connectivity index (χ1n) is 6.90. The molecule has 0 spiro atoms. The number of likely N-dealkylation sites (N-methyl/N-ethyl adjacent to an activating group) is 1. The maximum Gasteiger partial charge on any atom is 0.0222 e. The number of nitrogens with zero attached hydrogens (tertiary/aromatic N) is 1. The smallest absolute Gasteiger partial charge is 0.0222 e. The summed E-state index contributed by atoms with van der Waals surface area (Å²) in [5, 5.41) is 3.60.